The molecule has 0 unspecified atom stereocenters. The van der Waals surface area contributed by atoms with Crippen LogP contribution >= 0.6 is 0 Å². The van der Waals surface area contributed by atoms with Crippen LogP contribution in [0.2, 0.25) is 0 Å². The predicted molar refractivity (Wildman–Crippen MR) is 58.6 cm³/mol. The normalized spacial score (nSPS) is 10.8. The largest absolute Gasteiger partial charge is 0.505 e. The van der Waals surface area contributed by atoms with Crippen molar-refractivity contribution in [1.82, 2.24) is 5.32 Å². The lowest BCUT2D eigenvalue weighted by Crippen LogP contribution is -2.28. The molecule has 0 rings (SSSR count). The van der Waals surface area contributed by atoms with Gasteiger partial charge in [-0.05, 0) is 13.3 Å². The van der Waals surface area contributed by atoms with Crippen LogP contribution in [0.5, 0.6) is 0 Å². The van der Waals surface area contributed by atoms with E-state index < -0.39 is 7.12 Å². The summed E-state index contributed by atoms with van der Waals surface area (Å²) in [6.07, 6.45) is 0.489. The summed E-state index contributed by atoms with van der Waals surface area (Å²) in [6.45, 7) is 7.19. The molecule has 14 heavy (non-hydrogen) atoms. The first-order valence-electron chi connectivity index (χ1n) is 4.82. The van der Waals surface area contributed by atoms with Crippen LogP contribution in [0.15, 0.2) is 11.2 Å². The minimum absolute atomic E-state index is 0.144. The zero-order valence-electron chi connectivity index (χ0n) is 9.59. The van der Waals surface area contributed by atoms with Crippen molar-refractivity contribution in [3.05, 3.63) is 11.2 Å². The molecule has 0 radical (unpaired) electrons. The highest BCUT2D eigenvalue weighted by molar-refractivity contribution is 6.51. The van der Waals surface area contributed by atoms with Gasteiger partial charge in [-0.3, -0.25) is 4.79 Å². The average molecular weight is 201 g/mol. The van der Waals surface area contributed by atoms with Crippen molar-refractivity contribution in [2.24, 2.45) is 0 Å². The standard InChI is InChI=1S/C7H14BNO3.C2H6/c1-4-6(5(2)10)7(9-3)8(11)12;1-2/h9,11-12H,4H2,1-3H3;1-2H3/b7-6+;. The zero-order valence-corrected chi connectivity index (χ0v) is 9.59. The lowest BCUT2D eigenvalue weighted by atomic mass is 9.80. The second-order valence-corrected chi connectivity index (χ2v) is 2.43. The van der Waals surface area contributed by atoms with E-state index in [1.807, 2.05) is 13.8 Å². The van der Waals surface area contributed by atoms with Gasteiger partial charge in [0, 0.05) is 18.2 Å². The number of hydrogen-bond acceptors (Lipinski definition) is 4. The Labute approximate surface area is 86.2 Å². The lowest BCUT2D eigenvalue weighted by Gasteiger charge is -2.10. The molecule has 0 amide bonds. The fourth-order valence-corrected chi connectivity index (χ4v) is 1.06. The third kappa shape index (κ3) is 5.04. The summed E-state index contributed by atoms with van der Waals surface area (Å²) in [6, 6.07) is 0. The first kappa shape index (κ1) is 15.7. The van der Waals surface area contributed by atoms with Crippen molar-refractivity contribution >= 4 is 12.9 Å². The Morgan fingerprint density at radius 2 is 1.79 bits per heavy atom. The molecule has 0 bridgehead atoms. The van der Waals surface area contributed by atoms with Crippen molar-refractivity contribution in [3.63, 3.8) is 0 Å². The quantitative estimate of drug-likeness (QED) is 0.457. The van der Waals surface area contributed by atoms with Gasteiger partial charge in [-0.2, -0.15) is 0 Å². The molecule has 0 aliphatic rings. The molecule has 3 N–H and O–H groups in total. The van der Waals surface area contributed by atoms with Gasteiger partial charge in [-0.15, -0.1) is 0 Å². The van der Waals surface area contributed by atoms with E-state index in [1.54, 1.807) is 14.0 Å². The van der Waals surface area contributed by atoms with Crippen LogP contribution < -0.4 is 5.32 Å². The number of ketones is 1. The van der Waals surface area contributed by atoms with Gasteiger partial charge in [0.15, 0.2) is 5.78 Å². The van der Waals surface area contributed by atoms with Crippen LogP contribution in [0, 0.1) is 0 Å². The first-order chi connectivity index (χ1) is 6.54. The smallest absolute Gasteiger partial charge is 0.422 e. The fourth-order valence-electron chi connectivity index (χ4n) is 1.06. The molecule has 82 valence electrons. The lowest BCUT2D eigenvalue weighted by molar-refractivity contribution is -0.113. The van der Waals surface area contributed by atoms with E-state index in [0.717, 1.165) is 0 Å². The van der Waals surface area contributed by atoms with Crippen LogP contribution in [0.4, 0.5) is 0 Å². The van der Waals surface area contributed by atoms with E-state index in [-0.39, 0.29) is 11.4 Å². The SMILES string of the molecule is CC.CC/C(C(C)=O)=C(\NC)B(O)O. The number of Topliss-reactive ketones (excluding diaryl/α,β-unsaturated/α-hetero) is 1. The monoisotopic (exact) mass is 201 g/mol. The maximum absolute atomic E-state index is 11.0. The molecule has 0 saturated heterocycles. The highest BCUT2D eigenvalue weighted by atomic mass is 16.4. The minimum atomic E-state index is -1.60. The fraction of sp³-hybridized carbons (Fsp3) is 0.667. The maximum Gasteiger partial charge on any atom is 0.505 e. The van der Waals surface area contributed by atoms with Gasteiger partial charge < -0.3 is 15.4 Å². The molecule has 0 saturated carbocycles. The van der Waals surface area contributed by atoms with Gasteiger partial charge in [0.2, 0.25) is 0 Å². The average Bonchev–Trinajstić information content (AvgIpc) is 2.15. The molecule has 0 aromatic carbocycles. The summed E-state index contributed by atoms with van der Waals surface area (Å²) in [5.74, 6) is -0.144. The summed E-state index contributed by atoms with van der Waals surface area (Å²) < 4.78 is 0. The predicted octanol–water partition coefficient (Wildman–Crippen LogP) is 0.497. The highest BCUT2D eigenvalue weighted by Crippen LogP contribution is 2.08. The zero-order chi connectivity index (χ0) is 11.7. The van der Waals surface area contributed by atoms with E-state index >= 15 is 0 Å². The molecule has 0 aromatic rings. The Morgan fingerprint density at radius 3 is 1.86 bits per heavy atom. The third-order valence-electron chi connectivity index (χ3n) is 1.63. The summed E-state index contributed by atoms with van der Waals surface area (Å²) in [4.78, 5) is 11.0. The molecule has 0 spiro atoms. The van der Waals surface area contributed by atoms with Crippen molar-refractivity contribution in [3.8, 4) is 0 Å². The number of nitrogens with one attached hydrogen (secondary N) is 1. The Bertz CT molecular complexity index is 202. The molecular formula is C9H20BNO3. The molecular weight excluding hydrogens is 181 g/mol. The Morgan fingerprint density at radius 1 is 1.36 bits per heavy atom. The van der Waals surface area contributed by atoms with Crippen LogP contribution in [-0.2, 0) is 4.79 Å². The number of rotatable bonds is 4. The Hall–Kier alpha value is -0.805. The number of carbonyl (C=O) groups excluding carboxylic acids is 1. The molecule has 0 atom stereocenters. The van der Waals surface area contributed by atoms with Crippen LogP contribution in [0.25, 0.3) is 0 Å². The molecule has 0 aromatic heterocycles. The molecule has 0 fully saturated rings. The first-order valence-corrected chi connectivity index (χ1v) is 4.82. The van der Waals surface area contributed by atoms with Crippen molar-refractivity contribution in [2.75, 3.05) is 7.05 Å². The van der Waals surface area contributed by atoms with Crippen molar-refractivity contribution < 1.29 is 14.8 Å². The number of allylic oxidation sites excluding steroid dienone is 1. The van der Waals surface area contributed by atoms with Gasteiger partial charge in [-0.1, -0.05) is 20.8 Å². The second kappa shape index (κ2) is 8.78. The Balaban J connectivity index is 0. The van der Waals surface area contributed by atoms with Gasteiger partial charge in [-0.25, -0.2) is 0 Å². The molecule has 0 heterocycles. The number of carbonyl (C=O) groups is 1. The van der Waals surface area contributed by atoms with Gasteiger partial charge >= 0.3 is 7.12 Å². The Kier molecular flexibility index (Phi) is 9.82. The van der Waals surface area contributed by atoms with E-state index in [0.29, 0.717) is 12.0 Å². The van der Waals surface area contributed by atoms with Gasteiger partial charge in [0.05, 0.1) is 0 Å². The molecule has 0 aliphatic heterocycles. The number of hydrogen-bond donors (Lipinski definition) is 3. The summed E-state index contributed by atoms with van der Waals surface area (Å²) >= 11 is 0. The topological polar surface area (TPSA) is 69.6 Å². The third-order valence-corrected chi connectivity index (χ3v) is 1.63. The van der Waals surface area contributed by atoms with Gasteiger partial charge in [0.25, 0.3) is 0 Å². The minimum Gasteiger partial charge on any atom is -0.422 e. The van der Waals surface area contributed by atoms with E-state index in [4.69, 9.17) is 10.0 Å². The summed E-state index contributed by atoms with van der Waals surface area (Å²) in [7, 11) is -0.0539. The molecule has 5 heteroatoms. The van der Waals surface area contributed by atoms with Gasteiger partial charge in [0.1, 0.15) is 0 Å². The van der Waals surface area contributed by atoms with Crippen molar-refractivity contribution in [2.45, 2.75) is 34.1 Å². The highest BCUT2D eigenvalue weighted by Gasteiger charge is 2.19. The maximum atomic E-state index is 11.0. The van der Waals surface area contributed by atoms with E-state index in [9.17, 15) is 4.79 Å². The van der Waals surface area contributed by atoms with E-state index in [2.05, 4.69) is 5.32 Å². The molecule has 4 nitrogen and oxygen atoms in total. The summed E-state index contributed by atoms with van der Waals surface area (Å²) in [5.41, 5.74) is 0.609. The second-order valence-electron chi connectivity index (χ2n) is 2.43. The summed E-state index contributed by atoms with van der Waals surface area (Å²) in [5, 5.41) is 20.3. The van der Waals surface area contributed by atoms with Crippen LogP contribution in [-0.4, -0.2) is 30.0 Å². The van der Waals surface area contributed by atoms with Crippen LogP contribution in [0.1, 0.15) is 34.1 Å². The van der Waals surface area contributed by atoms with Crippen LogP contribution in [0.3, 0.4) is 0 Å². The van der Waals surface area contributed by atoms with E-state index in [1.165, 1.54) is 6.92 Å². The molecule has 0 aliphatic carbocycles. The van der Waals surface area contributed by atoms with Crippen molar-refractivity contribution in [1.29, 1.82) is 0 Å².